The molecule has 0 spiro atoms. The Morgan fingerprint density at radius 3 is 2.54 bits per heavy atom. The molecule has 1 aliphatic rings. The Hall–Kier alpha value is -2.62. The molecule has 4 nitrogen and oxygen atoms in total. The molecule has 4 heteroatoms. The Kier molecular flexibility index (Phi) is 4.49. The first kappa shape index (κ1) is 16.8. The summed E-state index contributed by atoms with van der Waals surface area (Å²) in [6, 6.07) is 12.3. The molecule has 0 bridgehead atoms. The lowest BCUT2D eigenvalue weighted by Crippen LogP contribution is -2.25. The van der Waals surface area contributed by atoms with Crippen LogP contribution in [0.15, 0.2) is 42.6 Å². The predicted molar refractivity (Wildman–Crippen MR) is 105 cm³/mol. The Morgan fingerprint density at radius 2 is 1.81 bits per heavy atom. The van der Waals surface area contributed by atoms with Crippen LogP contribution >= 0.6 is 0 Å². The summed E-state index contributed by atoms with van der Waals surface area (Å²) >= 11 is 0. The first-order valence-corrected chi connectivity index (χ1v) is 9.48. The summed E-state index contributed by atoms with van der Waals surface area (Å²) in [5.41, 5.74) is 5.13. The van der Waals surface area contributed by atoms with E-state index < -0.39 is 0 Å². The van der Waals surface area contributed by atoms with Gasteiger partial charge in [0.1, 0.15) is 17.2 Å². The largest absolute Gasteiger partial charge is 0.310 e. The monoisotopic (exact) mass is 347 g/mol. The van der Waals surface area contributed by atoms with Crippen molar-refractivity contribution in [1.29, 1.82) is 0 Å². The van der Waals surface area contributed by atoms with Crippen molar-refractivity contribution in [2.45, 2.75) is 46.0 Å². The number of imidazole rings is 1. The number of aromatic nitrogens is 2. The fraction of sp³-hybridized carbons (Fsp3) is 0.364. The van der Waals surface area contributed by atoms with E-state index in [-0.39, 0.29) is 11.8 Å². The summed E-state index contributed by atoms with van der Waals surface area (Å²) < 4.78 is 1.98. The fourth-order valence-electron chi connectivity index (χ4n) is 4.01. The molecule has 0 saturated heterocycles. The Morgan fingerprint density at radius 1 is 1.08 bits per heavy atom. The van der Waals surface area contributed by atoms with Crippen molar-refractivity contribution in [3.63, 3.8) is 0 Å². The number of anilines is 1. The highest BCUT2D eigenvalue weighted by atomic mass is 16.2. The quantitative estimate of drug-likeness (QED) is 0.713. The summed E-state index contributed by atoms with van der Waals surface area (Å²) in [4.78, 5) is 17.7. The van der Waals surface area contributed by atoms with Crippen LogP contribution in [0.25, 0.3) is 16.9 Å². The zero-order valence-corrected chi connectivity index (χ0v) is 15.5. The molecular weight excluding hydrogens is 322 g/mol. The van der Waals surface area contributed by atoms with E-state index in [9.17, 15) is 4.79 Å². The van der Waals surface area contributed by atoms with Crippen molar-refractivity contribution < 1.29 is 4.79 Å². The Labute approximate surface area is 154 Å². The van der Waals surface area contributed by atoms with E-state index in [1.807, 2.05) is 28.8 Å². The number of nitrogens with one attached hydrogen (secondary N) is 1. The summed E-state index contributed by atoms with van der Waals surface area (Å²) in [5.74, 6) is 1.02. The van der Waals surface area contributed by atoms with Gasteiger partial charge in [-0.05, 0) is 51.0 Å². The van der Waals surface area contributed by atoms with Gasteiger partial charge in [-0.25, -0.2) is 4.98 Å². The highest BCUT2D eigenvalue weighted by Gasteiger charge is 2.24. The van der Waals surface area contributed by atoms with Crippen molar-refractivity contribution in [3.8, 4) is 11.3 Å². The van der Waals surface area contributed by atoms with Crippen molar-refractivity contribution in [2.75, 3.05) is 5.32 Å². The maximum absolute atomic E-state index is 12.9. The molecular formula is C22H25N3O. The lowest BCUT2D eigenvalue weighted by molar-refractivity contribution is -0.120. The van der Waals surface area contributed by atoms with Crippen LogP contribution in [0.3, 0.4) is 0 Å². The van der Waals surface area contributed by atoms with Gasteiger partial charge in [-0.15, -0.1) is 0 Å². The van der Waals surface area contributed by atoms with Gasteiger partial charge < -0.3 is 5.32 Å². The van der Waals surface area contributed by atoms with Gasteiger partial charge >= 0.3 is 0 Å². The Bertz CT molecular complexity index is 931. The molecule has 134 valence electrons. The molecule has 1 N–H and O–H groups in total. The molecule has 2 heterocycles. The average Bonchev–Trinajstić information content (AvgIpc) is 3.00. The Balaban J connectivity index is 1.77. The maximum atomic E-state index is 12.9. The molecule has 1 saturated carbocycles. The molecule has 26 heavy (non-hydrogen) atoms. The van der Waals surface area contributed by atoms with E-state index in [0.717, 1.165) is 48.4 Å². The zero-order valence-electron chi connectivity index (χ0n) is 15.5. The number of aryl methyl sites for hydroxylation is 2. The number of amides is 1. The highest BCUT2D eigenvalue weighted by molar-refractivity contribution is 5.96. The average molecular weight is 347 g/mol. The minimum absolute atomic E-state index is 0.116. The van der Waals surface area contributed by atoms with Gasteiger partial charge in [0.25, 0.3) is 0 Å². The highest BCUT2D eigenvalue weighted by Crippen LogP contribution is 2.32. The molecule has 2 aromatic heterocycles. The van der Waals surface area contributed by atoms with E-state index in [2.05, 4.69) is 37.4 Å². The molecule has 3 aromatic rings. The second kappa shape index (κ2) is 6.94. The van der Waals surface area contributed by atoms with Crippen LogP contribution in [0.1, 0.15) is 43.2 Å². The van der Waals surface area contributed by atoms with Gasteiger partial charge in [0.2, 0.25) is 5.91 Å². The van der Waals surface area contributed by atoms with Crippen molar-refractivity contribution >= 4 is 17.4 Å². The van der Waals surface area contributed by atoms with E-state index in [1.165, 1.54) is 17.5 Å². The van der Waals surface area contributed by atoms with E-state index >= 15 is 0 Å². The van der Waals surface area contributed by atoms with E-state index in [4.69, 9.17) is 4.98 Å². The molecule has 4 rings (SSSR count). The smallest absolute Gasteiger partial charge is 0.228 e. The molecule has 0 atom stereocenters. The number of pyridine rings is 1. The first-order chi connectivity index (χ1) is 12.6. The lowest BCUT2D eigenvalue weighted by Gasteiger charge is -2.21. The maximum Gasteiger partial charge on any atom is 0.228 e. The number of carbonyl (C=O) groups excluding carboxylic acids is 1. The van der Waals surface area contributed by atoms with Gasteiger partial charge in [-0.3, -0.25) is 9.20 Å². The van der Waals surface area contributed by atoms with Crippen LogP contribution in [-0.2, 0) is 4.79 Å². The zero-order chi connectivity index (χ0) is 18.1. The number of hydrogen-bond acceptors (Lipinski definition) is 2. The molecule has 0 radical (unpaired) electrons. The first-order valence-electron chi connectivity index (χ1n) is 9.48. The summed E-state index contributed by atoms with van der Waals surface area (Å²) in [5, 5.41) is 3.20. The third-order valence-corrected chi connectivity index (χ3v) is 5.24. The van der Waals surface area contributed by atoms with E-state index in [0.29, 0.717) is 0 Å². The third kappa shape index (κ3) is 3.24. The van der Waals surface area contributed by atoms with Gasteiger partial charge in [-0.1, -0.05) is 42.5 Å². The lowest BCUT2D eigenvalue weighted by atomic mass is 9.88. The second-order valence-electron chi connectivity index (χ2n) is 7.44. The van der Waals surface area contributed by atoms with Crippen LogP contribution in [0, 0.1) is 19.8 Å². The molecule has 0 aliphatic heterocycles. The number of rotatable bonds is 3. The minimum Gasteiger partial charge on any atom is -0.310 e. The van der Waals surface area contributed by atoms with Crippen molar-refractivity contribution in [2.24, 2.45) is 5.92 Å². The molecule has 1 fully saturated rings. The number of benzene rings is 1. The summed E-state index contributed by atoms with van der Waals surface area (Å²) in [6.45, 7) is 4.18. The topological polar surface area (TPSA) is 46.4 Å². The van der Waals surface area contributed by atoms with Gasteiger partial charge in [0.15, 0.2) is 0 Å². The van der Waals surface area contributed by atoms with Crippen LogP contribution in [0.4, 0.5) is 5.82 Å². The standard InChI is InChI=1S/C22H25N3O/c1-15-12-16(2)14-18(13-15)20-21(25-11-7-6-10-19(25)23-20)24-22(26)17-8-4-3-5-9-17/h6-7,10-14,17H,3-5,8-9H2,1-2H3,(H,24,26). The van der Waals surface area contributed by atoms with E-state index in [1.54, 1.807) is 0 Å². The number of nitrogens with zero attached hydrogens (tertiary/aromatic N) is 2. The van der Waals surface area contributed by atoms with Crippen molar-refractivity contribution in [1.82, 2.24) is 9.38 Å². The molecule has 0 unspecified atom stereocenters. The van der Waals surface area contributed by atoms with Crippen LogP contribution < -0.4 is 5.32 Å². The van der Waals surface area contributed by atoms with Crippen LogP contribution in [-0.4, -0.2) is 15.3 Å². The minimum atomic E-state index is 0.116. The normalized spacial score (nSPS) is 15.3. The predicted octanol–water partition coefficient (Wildman–Crippen LogP) is 5.14. The van der Waals surface area contributed by atoms with Crippen LogP contribution in [0.2, 0.25) is 0 Å². The van der Waals surface area contributed by atoms with Gasteiger partial charge in [0, 0.05) is 17.7 Å². The number of fused-ring (bicyclic) bond motifs is 1. The summed E-state index contributed by atoms with van der Waals surface area (Å²) in [7, 11) is 0. The third-order valence-electron chi connectivity index (χ3n) is 5.24. The fourth-order valence-corrected chi connectivity index (χ4v) is 4.01. The number of carbonyl (C=O) groups is 1. The SMILES string of the molecule is Cc1cc(C)cc(-c2nc3ccccn3c2NC(=O)C2CCCCC2)c1. The molecule has 1 aromatic carbocycles. The van der Waals surface area contributed by atoms with Crippen LogP contribution in [0.5, 0.6) is 0 Å². The second-order valence-corrected chi connectivity index (χ2v) is 7.44. The summed E-state index contributed by atoms with van der Waals surface area (Å²) in [6.07, 6.45) is 7.48. The van der Waals surface area contributed by atoms with Gasteiger partial charge in [0.05, 0.1) is 0 Å². The van der Waals surface area contributed by atoms with Crippen molar-refractivity contribution in [3.05, 3.63) is 53.7 Å². The number of hydrogen-bond donors (Lipinski definition) is 1. The molecule has 1 amide bonds. The van der Waals surface area contributed by atoms with Gasteiger partial charge in [-0.2, -0.15) is 0 Å². The molecule has 1 aliphatic carbocycles.